The molecule has 20 heavy (non-hydrogen) atoms. The summed E-state index contributed by atoms with van der Waals surface area (Å²) in [5.74, 6) is 1.52. The highest BCUT2D eigenvalue weighted by Crippen LogP contribution is 2.37. The lowest BCUT2D eigenvalue weighted by Gasteiger charge is -2.27. The summed E-state index contributed by atoms with van der Waals surface area (Å²) in [7, 11) is 2.10. The first-order chi connectivity index (χ1) is 9.72. The molecule has 1 aromatic carbocycles. The van der Waals surface area contributed by atoms with Crippen LogP contribution in [0, 0.1) is 0 Å². The minimum absolute atomic E-state index is 0.279. The Morgan fingerprint density at radius 1 is 1.25 bits per heavy atom. The molecule has 0 N–H and O–H groups in total. The third-order valence-electron chi connectivity index (χ3n) is 3.77. The molecular formula is C15H20ClNO3. The molecule has 2 aliphatic rings. The van der Waals surface area contributed by atoms with Gasteiger partial charge in [0.2, 0.25) is 6.79 Å². The van der Waals surface area contributed by atoms with Gasteiger partial charge < -0.3 is 14.2 Å². The van der Waals surface area contributed by atoms with Crippen LogP contribution in [0.4, 0.5) is 0 Å². The topological polar surface area (TPSA) is 30.9 Å². The number of benzene rings is 1. The Balaban J connectivity index is 1.62. The minimum Gasteiger partial charge on any atom is -0.454 e. The van der Waals surface area contributed by atoms with E-state index in [1.807, 2.05) is 12.1 Å². The lowest BCUT2D eigenvalue weighted by atomic mass is 10.1. The predicted octanol–water partition coefficient (Wildman–Crippen LogP) is 3.07. The molecule has 2 heterocycles. The third-order valence-corrected chi connectivity index (χ3v) is 4.12. The van der Waals surface area contributed by atoms with Gasteiger partial charge in [-0.3, -0.25) is 4.90 Å². The van der Waals surface area contributed by atoms with Gasteiger partial charge in [0.1, 0.15) is 0 Å². The van der Waals surface area contributed by atoms with Crippen molar-refractivity contribution < 1.29 is 14.2 Å². The zero-order valence-corrected chi connectivity index (χ0v) is 12.5. The fourth-order valence-corrected chi connectivity index (χ4v) is 2.95. The molecule has 0 unspecified atom stereocenters. The highest BCUT2D eigenvalue weighted by Gasteiger charge is 2.19. The molecule has 1 fully saturated rings. The quantitative estimate of drug-likeness (QED) is 0.854. The normalized spacial score (nSPS) is 21.4. The van der Waals surface area contributed by atoms with Crippen LogP contribution >= 0.6 is 11.6 Å². The highest BCUT2D eigenvalue weighted by molar-refractivity contribution is 6.31. The van der Waals surface area contributed by atoms with E-state index in [-0.39, 0.29) is 6.79 Å². The molecule has 0 aliphatic carbocycles. The summed E-state index contributed by atoms with van der Waals surface area (Å²) in [6, 6.07) is 3.81. The van der Waals surface area contributed by atoms with Crippen molar-refractivity contribution in [2.75, 3.05) is 27.0 Å². The number of nitrogens with zero attached hydrogens (tertiary/aromatic N) is 1. The second-order valence-electron chi connectivity index (χ2n) is 5.48. The van der Waals surface area contributed by atoms with Crippen molar-refractivity contribution in [1.82, 2.24) is 4.90 Å². The van der Waals surface area contributed by atoms with Crippen LogP contribution in [0.2, 0.25) is 5.02 Å². The van der Waals surface area contributed by atoms with Gasteiger partial charge in [0.15, 0.2) is 11.5 Å². The summed E-state index contributed by atoms with van der Waals surface area (Å²) in [6.45, 7) is 2.89. The molecule has 1 saturated heterocycles. The van der Waals surface area contributed by atoms with Gasteiger partial charge in [0.25, 0.3) is 0 Å². The first kappa shape index (κ1) is 14.0. The summed E-state index contributed by atoms with van der Waals surface area (Å²) in [5, 5.41) is 0.727. The Morgan fingerprint density at radius 2 is 2.05 bits per heavy atom. The maximum absolute atomic E-state index is 6.30. The SMILES string of the molecule is CN(Cc1cc2c(cc1Cl)OCO2)C[C@H]1CCCCO1. The largest absolute Gasteiger partial charge is 0.454 e. The van der Waals surface area contributed by atoms with E-state index in [0.717, 1.165) is 48.2 Å². The molecule has 0 radical (unpaired) electrons. The second-order valence-corrected chi connectivity index (χ2v) is 5.89. The summed E-state index contributed by atoms with van der Waals surface area (Å²) >= 11 is 6.30. The van der Waals surface area contributed by atoms with E-state index >= 15 is 0 Å². The first-order valence-electron chi connectivity index (χ1n) is 7.10. The molecule has 110 valence electrons. The van der Waals surface area contributed by atoms with Crippen molar-refractivity contribution in [3.63, 3.8) is 0 Å². The van der Waals surface area contributed by atoms with Gasteiger partial charge in [-0.2, -0.15) is 0 Å². The van der Waals surface area contributed by atoms with Gasteiger partial charge in [-0.25, -0.2) is 0 Å². The molecule has 1 aromatic rings. The molecule has 0 bridgehead atoms. The molecule has 2 aliphatic heterocycles. The highest BCUT2D eigenvalue weighted by atomic mass is 35.5. The Hall–Kier alpha value is -0.970. The van der Waals surface area contributed by atoms with Crippen LogP contribution in [-0.2, 0) is 11.3 Å². The van der Waals surface area contributed by atoms with Crippen molar-refractivity contribution in [2.24, 2.45) is 0 Å². The van der Waals surface area contributed by atoms with Gasteiger partial charge in [0, 0.05) is 30.8 Å². The van der Waals surface area contributed by atoms with Gasteiger partial charge in [-0.05, 0) is 37.9 Å². The van der Waals surface area contributed by atoms with Crippen LogP contribution in [0.5, 0.6) is 11.5 Å². The summed E-state index contributed by atoms with van der Waals surface area (Å²) < 4.78 is 16.5. The molecule has 3 rings (SSSR count). The Morgan fingerprint density at radius 3 is 2.80 bits per heavy atom. The van der Waals surface area contributed by atoms with Crippen LogP contribution in [0.1, 0.15) is 24.8 Å². The fraction of sp³-hybridized carbons (Fsp3) is 0.600. The number of hydrogen-bond donors (Lipinski definition) is 0. The van der Waals surface area contributed by atoms with Gasteiger partial charge in [0.05, 0.1) is 6.10 Å². The summed E-state index contributed by atoms with van der Waals surface area (Å²) in [6.07, 6.45) is 3.96. The zero-order chi connectivity index (χ0) is 13.9. The predicted molar refractivity (Wildman–Crippen MR) is 77.5 cm³/mol. The number of rotatable bonds is 4. The van der Waals surface area contributed by atoms with E-state index < -0.39 is 0 Å². The van der Waals surface area contributed by atoms with Crippen molar-refractivity contribution in [1.29, 1.82) is 0 Å². The van der Waals surface area contributed by atoms with Crippen molar-refractivity contribution >= 4 is 11.6 Å². The van der Waals surface area contributed by atoms with E-state index in [0.29, 0.717) is 6.10 Å². The number of ether oxygens (including phenoxy) is 3. The molecule has 0 spiro atoms. The summed E-state index contributed by atoms with van der Waals surface area (Å²) in [5.41, 5.74) is 1.06. The molecule has 1 atom stereocenters. The number of likely N-dealkylation sites (N-methyl/N-ethyl adjacent to an activating group) is 1. The van der Waals surface area contributed by atoms with Crippen molar-refractivity contribution in [3.05, 3.63) is 22.7 Å². The Bertz CT molecular complexity index is 474. The molecule has 0 aromatic heterocycles. The van der Waals surface area contributed by atoms with E-state index in [4.69, 9.17) is 25.8 Å². The lowest BCUT2D eigenvalue weighted by molar-refractivity contribution is -0.00259. The standard InChI is InChI=1S/C15H20ClNO3/c1-17(9-12-4-2-3-5-18-12)8-11-6-14-15(7-13(11)16)20-10-19-14/h6-7,12H,2-5,8-10H2,1H3/t12-/m1/s1. The Labute approximate surface area is 124 Å². The third kappa shape index (κ3) is 3.19. The number of fused-ring (bicyclic) bond motifs is 1. The van der Waals surface area contributed by atoms with Crippen LogP contribution in [-0.4, -0.2) is 38.0 Å². The van der Waals surface area contributed by atoms with E-state index in [9.17, 15) is 0 Å². The van der Waals surface area contributed by atoms with Crippen LogP contribution in [0.15, 0.2) is 12.1 Å². The number of hydrogen-bond acceptors (Lipinski definition) is 4. The van der Waals surface area contributed by atoms with E-state index in [1.54, 1.807) is 0 Å². The average Bonchev–Trinajstić information content (AvgIpc) is 2.87. The Kier molecular flexibility index (Phi) is 4.34. The van der Waals surface area contributed by atoms with E-state index in [1.165, 1.54) is 12.8 Å². The van der Waals surface area contributed by atoms with Crippen LogP contribution in [0.3, 0.4) is 0 Å². The summed E-state index contributed by atoms with van der Waals surface area (Å²) in [4.78, 5) is 2.25. The molecule has 0 saturated carbocycles. The maximum atomic E-state index is 6.30. The van der Waals surface area contributed by atoms with Crippen molar-refractivity contribution in [3.8, 4) is 11.5 Å². The lowest BCUT2D eigenvalue weighted by Crippen LogP contribution is -2.33. The van der Waals surface area contributed by atoms with Crippen LogP contribution in [0.25, 0.3) is 0 Å². The smallest absolute Gasteiger partial charge is 0.231 e. The van der Waals surface area contributed by atoms with Crippen LogP contribution < -0.4 is 9.47 Å². The van der Waals surface area contributed by atoms with Gasteiger partial charge >= 0.3 is 0 Å². The average molecular weight is 298 g/mol. The molecule has 4 nitrogen and oxygen atoms in total. The fourth-order valence-electron chi connectivity index (χ4n) is 2.73. The molecular weight excluding hydrogens is 278 g/mol. The minimum atomic E-state index is 0.279. The first-order valence-corrected chi connectivity index (χ1v) is 7.48. The molecule has 0 amide bonds. The van der Waals surface area contributed by atoms with Gasteiger partial charge in [-0.15, -0.1) is 0 Å². The van der Waals surface area contributed by atoms with Gasteiger partial charge in [-0.1, -0.05) is 11.6 Å². The second kappa shape index (κ2) is 6.20. The zero-order valence-electron chi connectivity index (χ0n) is 11.7. The monoisotopic (exact) mass is 297 g/mol. The van der Waals surface area contributed by atoms with Crippen molar-refractivity contribution in [2.45, 2.75) is 31.9 Å². The van der Waals surface area contributed by atoms with E-state index in [2.05, 4.69) is 11.9 Å². The molecule has 5 heteroatoms. The number of halogens is 1. The maximum Gasteiger partial charge on any atom is 0.231 e.